The number of benzene rings is 2. The Bertz CT molecular complexity index is 626. The molecule has 134 valence electrons. The molecule has 0 fully saturated rings. The van der Waals surface area contributed by atoms with Crippen LogP contribution < -0.4 is 5.73 Å². The first-order valence-electron chi connectivity index (χ1n) is 8.10. The van der Waals surface area contributed by atoms with Gasteiger partial charge in [0.15, 0.2) is 5.78 Å². The molecule has 0 aliphatic rings. The molecule has 0 bridgehead atoms. The van der Waals surface area contributed by atoms with Crippen molar-refractivity contribution in [3.8, 4) is 0 Å². The van der Waals surface area contributed by atoms with E-state index >= 15 is 0 Å². The van der Waals surface area contributed by atoms with Gasteiger partial charge in [-0.1, -0.05) is 61.5 Å². The van der Waals surface area contributed by atoms with Crippen LogP contribution in [0.3, 0.4) is 0 Å². The lowest BCUT2D eigenvalue weighted by molar-refractivity contribution is -0.127. The number of carbonyl (C=O) groups is 2. The van der Waals surface area contributed by atoms with Gasteiger partial charge in [-0.3, -0.25) is 9.59 Å². The molecule has 0 spiro atoms. The second kappa shape index (κ2) is 11.9. The highest BCUT2D eigenvalue weighted by atomic mass is 16.5. The summed E-state index contributed by atoms with van der Waals surface area (Å²) in [4.78, 5) is 20.5. The number of hydrogen-bond acceptors (Lipinski definition) is 4. The monoisotopic (exact) mass is 343 g/mol. The maximum atomic E-state index is 12.1. The molecule has 0 saturated carbocycles. The van der Waals surface area contributed by atoms with Gasteiger partial charge in [0.1, 0.15) is 6.61 Å². The van der Waals surface area contributed by atoms with Crippen molar-refractivity contribution in [2.75, 3.05) is 6.61 Å². The molecule has 0 heterocycles. The molecule has 5 heteroatoms. The molecule has 0 aromatic heterocycles. The van der Waals surface area contributed by atoms with Crippen molar-refractivity contribution in [2.24, 2.45) is 11.7 Å². The van der Waals surface area contributed by atoms with Crippen LogP contribution in [0.15, 0.2) is 54.6 Å². The van der Waals surface area contributed by atoms with Crippen LogP contribution in [0.4, 0.5) is 0 Å². The van der Waals surface area contributed by atoms with Gasteiger partial charge in [0.2, 0.25) is 0 Å². The lowest BCUT2D eigenvalue weighted by atomic mass is 9.97. The van der Waals surface area contributed by atoms with Crippen LogP contribution in [0, 0.1) is 5.92 Å². The molecule has 0 radical (unpaired) electrons. The van der Waals surface area contributed by atoms with E-state index in [1.807, 2.05) is 61.5 Å². The highest BCUT2D eigenvalue weighted by molar-refractivity contribution is 5.82. The van der Waals surface area contributed by atoms with E-state index in [1.165, 1.54) is 5.56 Å². The van der Waals surface area contributed by atoms with E-state index in [9.17, 15) is 4.79 Å². The number of rotatable bonds is 8. The van der Waals surface area contributed by atoms with Gasteiger partial charge in [-0.2, -0.15) is 0 Å². The van der Waals surface area contributed by atoms with E-state index in [4.69, 9.17) is 20.4 Å². The highest BCUT2D eigenvalue weighted by Gasteiger charge is 2.13. The Labute approximate surface area is 148 Å². The zero-order chi connectivity index (χ0) is 18.5. The number of Topliss-reactive ketones (excluding diaryl/α,β-unsaturated/α-hetero) is 1. The smallest absolute Gasteiger partial charge is 0.290 e. The van der Waals surface area contributed by atoms with Gasteiger partial charge in [0.25, 0.3) is 6.47 Å². The van der Waals surface area contributed by atoms with Crippen LogP contribution in [0.25, 0.3) is 0 Å². The van der Waals surface area contributed by atoms with E-state index in [2.05, 4.69) is 0 Å². The molecule has 25 heavy (non-hydrogen) atoms. The van der Waals surface area contributed by atoms with E-state index in [1.54, 1.807) is 0 Å². The van der Waals surface area contributed by atoms with Gasteiger partial charge in [-0.25, -0.2) is 0 Å². The minimum absolute atomic E-state index is 0.0259. The van der Waals surface area contributed by atoms with Gasteiger partial charge < -0.3 is 15.6 Å². The molecule has 3 N–H and O–H groups in total. The first kappa shape index (κ1) is 20.5. The number of carbonyl (C=O) groups excluding carboxylic acids is 1. The van der Waals surface area contributed by atoms with Gasteiger partial charge in [-0.15, -0.1) is 0 Å². The fraction of sp³-hybridized carbons (Fsp3) is 0.300. The van der Waals surface area contributed by atoms with E-state index < -0.39 is 0 Å². The summed E-state index contributed by atoms with van der Waals surface area (Å²) in [5.74, 6) is 0.115. The van der Waals surface area contributed by atoms with E-state index in [0.29, 0.717) is 13.2 Å². The molecule has 2 aromatic carbocycles. The van der Waals surface area contributed by atoms with Gasteiger partial charge in [0.05, 0.1) is 6.61 Å². The third-order valence-electron chi connectivity index (χ3n) is 3.71. The standard InChI is InChI=1S/C19H23NO2.CH2O2/c1-15(11-16-5-3-2-4-6-16)19(21)14-22-13-18-9-7-17(12-20)8-10-18;2-1-3/h2-10,15H,11-14,20H2,1H3;1H,(H,2,3)/t15-;/m1./s1. The highest BCUT2D eigenvalue weighted by Crippen LogP contribution is 2.10. The van der Waals surface area contributed by atoms with Crippen molar-refractivity contribution in [3.05, 3.63) is 71.3 Å². The lowest BCUT2D eigenvalue weighted by Crippen LogP contribution is -2.19. The van der Waals surface area contributed by atoms with Crippen molar-refractivity contribution in [3.63, 3.8) is 0 Å². The molecule has 0 amide bonds. The molecule has 2 aromatic rings. The molecule has 0 saturated heterocycles. The lowest BCUT2D eigenvalue weighted by Gasteiger charge is -2.11. The fourth-order valence-electron chi connectivity index (χ4n) is 2.26. The summed E-state index contributed by atoms with van der Waals surface area (Å²) < 4.78 is 5.53. The molecular weight excluding hydrogens is 318 g/mol. The summed E-state index contributed by atoms with van der Waals surface area (Å²) in [6.07, 6.45) is 0.758. The van der Waals surface area contributed by atoms with Crippen LogP contribution in [0.1, 0.15) is 23.6 Å². The maximum Gasteiger partial charge on any atom is 0.290 e. The van der Waals surface area contributed by atoms with E-state index in [-0.39, 0.29) is 24.8 Å². The third kappa shape index (κ3) is 8.24. The van der Waals surface area contributed by atoms with Crippen molar-refractivity contribution < 1.29 is 19.4 Å². The minimum Gasteiger partial charge on any atom is -0.483 e. The average Bonchev–Trinajstić information content (AvgIpc) is 2.63. The van der Waals surface area contributed by atoms with E-state index in [0.717, 1.165) is 17.5 Å². The molecule has 2 rings (SSSR count). The molecule has 0 aliphatic heterocycles. The number of ketones is 1. The van der Waals surface area contributed by atoms with Crippen LogP contribution in [0.2, 0.25) is 0 Å². The Hall–Kier alpha value is -2.50. The second-order valence-corrected chi connectivity index (χ2v) is 5.68. The Balaban J connectivity index is 0.000000970. The van der Waals surface area contributed by atoms with Crippen molar-refractivity contribution in [2.45, 2.75) is 26.5 Å². The quantitative estimate of drug-likeness (QED) is 0.719. The Morgan fingerprint density at radius 3 is 2.20 bits per heavy atom. The Morgan fingerprint density at radius 1 is 1.08 bits per heavy atom. The van der Waals surface area contributed by atoms with Crippen LogP contribution in [0.5, 0.6) is 0 Å². The second-order valence-electron chi connectivity index (χ2n) is 5.68. The van der Waals surface area contributed by atoms with Crippen molar-refractivity contribution in [1.29, 1.82) is 0 Å². The summed E-state index contributed by atoms with van der Waals surface area (Å²) >= 11 is 0. The summed E-state index contributed by atoms with van der Waals surface area (Å²) in [7, 11) is 0. The maximum absolute atomic E-state index is 12.1. The molecule has 0 aliphatic carbocycles. The largest absolute Gasteiger partial charge is 0.483 e. The number of ether oxygens (including phenoxy) is 1. The third-order valence-corrected chi connectivity index (χ3v) is 3.71. The summed E-state index contributed by atoms with van der Waals surface area (Å²) in [5, 5.41) is 6.89. The predicted molar refractivity (Wildman–Crippen MR) is 97.0 cm³/mol. The Kier molecular flexibility index (Phi) is 9.82. The zero-order valence-electron chi connectivity index (χ0n) is 14.4. The van der Waals surface area contributed by atoms with Gasteiger partial charge in [-0.05, 0) is 23.1 Å². The summed E-state index contributed by atoms with van der Waals surface area (Å²) in [6.45, 7) is 2.85. The van der Waals surface area contributed by atoms with Crippen LogP contribution >= 0.6 is 0 Å². The molecule has 5 nitrogen and oxygen atoms in total. The minimum atomic E-state index is -0.250. The van der Waals surface area contributed by atoms with Crippen LogP contribution in [-0.4, -0.2) is 24.0 Å². The fourth-order valence-corrected chi connectivity index (χ4v) is 2.26. The number of carboxylic acid groups (broad SMARTS) is 1. The SMILES string of the molecule is C[C@H](Cc1ccccc1)C(=O)COCc1ccc(CN)cc1.O=CO. The summed E-state index contributed by atoms with van der Waals surface area (Å²) in [5.41, 5.74) is 8.89. The van der Waals surface area contributed by atoms with Gasteiger partial charge >= 0.3 is 0 Å². The van der Waals surface area contributed by atoms with Crippen molar-refractivity contribution >= 4 is 12.3 Å². The average molecular weight is 343 g/mol. The molecular formula is C20H25NO4. The summed E-state index contributed by atoms with van der Waals surface area (Å²) in [6, 6.07) is 18.0. The predicted octanol–water partition coefficient (Wildman–Crippen LogP) is 2.81. The molecule has 1 atom stereocenters. The number of nitrogens with two attached hydrogens (primary N) is 1. The normalized spacial score (nSPS) is 11.1. The zero-order valence-corrected chi connectivity index (χ0v) is 14.4. The first-order valence-corrected chi connectivity index (χ1v) is 8.10. The van der Waals surface area contributed by atoms with Crippen LogP contribution in [-0.2, 0) is 33.9 Å². The van der Waals surface area contributed by atoms with Crippen molar-refractivity contribution in [1.82, 2.24) is 0 Å². The Morgan fingerprint density at radius 2 is 1.64 bits per heavy atom. The number of hydrogen-bond donors (Lipinski definition) is 2. The van der Waals surface area contributed by atoms with Gasteiger partial charge in [0, 0.05) is 12.5 Å². The first-order chi connectivity index (χ1) is 12.1. The molecule has 0 unspecified atom stereocenters. The topological polar surface area (TPSA) is 89.6 Å².